The summed E-state index contributed by atoms with van der Waals surface area (Å²) in [6, 6.07) is 12.5. The number of hydrogen-bond acceptors (Lipinski definition) is 5. The van der Waals surface area contributed by atoms with Crippen molar-refractivity contribution in [3.8, 4) is 17.1 Å². The molecule has 0 spiro atoms. The Hall–Kier alpha value is -3.26. The summed E-state index contributed by atoms with van der Waals surface area (Å²) in [5.41, 5.74) is 2.51. The van der Waals surface area contributed by atoms with Crippen LogP contribution in [0.5, 0.6) is 5.75 Å². The number of nitrogens with zero attached hydrogens (tertiary/aromatic N) is 2. The van der Waals surface area contributed by atoms with Crippen LogP contribution < -0.4 is 4.74 Å². The number of ether oxygens (including phenoxy) is 2. The van der Waals surface area contributed by atoms with Crippen LogP contribution in [0.1, 0.15) is 54.3 Å². The Balaban J connectivity index is 1.64. The lowest BCUT2D eigenvalue weighted by Crippen LogP contribution is -2.17. The largest absolute Gasteiger partial charge is 0.523 e. The molecule has 5 nitrogen and oxygen atoms in total. The van der Waals surface area contributed by atoms with Gasteiger partial charge in [0.15, 0.2) is 5.82 Å². The Morgan fingerprint density at radius 1 is 0.969 bits per heavy atom. The van der Waals surface area contributed by atoms with E-state index in [-0.39, 0.29) is 12.2 Å². The number of aromatic nitrogens is 2. The fourth-order valence-electron chi connectivity index (χ4n) is 3.14. The first-order valence-electron chi connectivity index (χ1n) is 10.3. The Bertz CT molecular complexity index is 1020. The SMILES string of the molecule is CCCc1cnc(-c2ccc(C(=O)Oc3ccc(C(CC)OC(F)(F)F)cc3)cc2)nc1. The van der Waals surface area contributed by atoms with E-state index in [0.717, 1.165) is 24.0 Å². The Kier molecular flexibility index (Phi) is 7.58. The first kappa shape index (κ1) is 23.4. The highest BCUT2D eigenvalue weighted by Crippen LogP contribution is 2.31. The summed E-state index contributed by atoms with van der Waals surface area (Å²) in [5, 5.41) is 0. The van der Waals surface area contributed by atoms with Gasteiger partial charge in [-0.1, -0.05) is 44.5 Å². The van der Waals surface area contributed by atoms with Crippen molar-refractivity contribution in [3.05, 3.63) is 77.6 Å². The maximum Gasteiger partial charge on any atom is 0.523 e. The molecule has 168 valence electrons. The minimum Gasteiger partial charge on any atom is -0.423 e. The van der Waals surface area contributed by atoms with E-state index in [9.17, 15) is 18.0 Å². The van der Waals surface area contributed by atoms with Gasteiger partial charge in [-0.15, -0.1) is 13.2 Å². The molecule has 0 aliphatic rings. The van der Waals surface area contributed by atoms with Crippen molar-refractivity contribution in [2.24, 2.45) is 0 Å². The zero-order valence-electron chi connectivity index (χ0n) is 17.7. The number of carbonyl (C=O) groups excluding carboxylic acids is 1. The number of carbonyl (C=O) groups is 1. The number of halogens is 3. The molecule has 0 aliphatic heterocycles. The van der Waals surface area contributed by atoms with Gasteiger partial charge in [-0.25, -0.2) is 14.8 Å². The molecule has 0 saturated heterocycles. The van der Waals surface area contributed by atoms with Crippen molar-refractivity contribution in [3.63, 3.8) is 0 Å². The Morgan fingerprint density at radius 3 is 2.12 bits per heavy atom. The third-order valence-corrected chi connectivity index (χ3v) is 4.73. The second-order valence-electron chi connectivity index (χ2n) is 7.16. The Morgan fingerprint density at radius 2 is 1.59 bits per heavy atom. The van der Waals surface area contributed by atoms with Gasteiger partial charge < -0.3 is 4.74 Å². The van der Waals surface area contributed by atoms with E-state index >= 15 is 0 Å². The smallest absolute Gasteiger partial charge is 0.423 e. The average Bonchev–Trinajstić information content (AvgIpc) is 2.78. The topological polar surface area (TPSA) is 61.3 Å². The highest BCUT2D eigenvalue weighted by atomic mass is 19.4. The summed E-state index contributed by atoms with van der Waals surface area (Å²) < 4.78 is 46.9. The second-order valence-corrected chi connectivity index (χ2v) is 7.16. The fraction of sp³-hybridized carbons (Fsp3) is 0.292. The van der Waals surface area contributed by atoms with Crippen LogP contribution in [0.15, 0.2) is 60.9 Å². The zero-order chi connectivity index (χ0) is 23.1. The van der Waals surface area contributed by atoms with Gasteiger partial charge >= 0.3 is 12.3 Å². The molecule has 3 rings (SSSR count). The van der Waals surface area contributed by atoms with Crippen molar-refractivity contribution in [2.45, 2.75) is 45.6 Å². The molecule has 1 aromatic heterocycles. The third-order valence-electron chi connectivity index (χ3n) is 4.73. The molecule has 1 heterocycles. The van der Waals surface area contributed by atoms with E-state index < -0.39 is 18.4 Å². The maximum absolute atomic E-state index is 12.5. The molecule has 3 aromatic rings. The average molecular weight is 444 g/mol. The van der Waals surface area contributed by atoms with Gasteiger partial charge in [-0.05, 0) is 48.2 Å². The van der Waals surface area contributed by atoms with Crippen LogP contribution in [0.2, 0.25) is 0 Å². The molecular formula is C24H23F3N2O3. The molecular weight excluding hydrogens is 421 g/mol. The van der Waals surface area contributed by atoms with Crippen molar-refractivity contribution in [2.75, 3.05) is 0 Å². The summed E-state index contributed by atoms with van der Waals surface area (Å²) in [5.74, 6) is 0.202. The maximum atomic E-state index is 12.5. The van der Waals surface area contributed by atoms with Gasteiger partial charge in [0.2, 0.25) is 0 Å². The number of aryl methyl sites for hydroxylation is 1. The molecule has 2 aromatic carbocycles. The first-order valence-corrected chi connectivity index (χ1v) is 10.3. The summed E-state index contributed by atoms with van der Waals surface area (Å²) in [7, 11) is 0. The molecule has 32 heavy (non-hydrogen) atoms. The summed E-state index contributed by atoms with van der Waals surface area (Å²) in [4.78, 5) is 21.1. The van der Waals surface area contributed by atoms with Gasteiger partial charge in [0, 0.05) is 18.0 Å². The minimum absolute atomic E-state index is 0.149. The molecule has 0 fully saturated rings. The number of alkyl halides is 3. The summed E-state index contributed by atoms with van der Waals surface area (Å²) >= 11 is 0. The van der Waals surface area contributed by atoms with Gasteiger partial charge in [0.25, 0.3) is 0 Å². The van der Waals surface area contributed by atoms with E-state index in [4.69, 9.17) is 4.74 Å². The summed E-state index contributed by atoms with van der Waals surface area (Å²) in [6.45, 7) is 3.68. The van der Waals surface area contributed by atoms with Crippen LogP contribution >= 0.6 is 0 Å². The molecule has 1 unspecified atom stereocenters. The minimum atomic E-state index is -4.72. The van der Waals surface area contributed by atoms with E-state index in [2.05, 4.69) is 21.6 Å². The predicted molar refractivity (Wildman–Crippen MR) is 113 cm³/mol. The second kappa shape index (κ2) is 10.4. The van der Waals surface area contributed by atoms with Crippen molar-refractivity contribution >= 4 is 5.97 Å². The van der Waals surface area contributed by atoms with E-state index in [1.807, 2.05) is 0 Å². The number of rotatable bonds is 8. The normalized spacial score (nSPS) is 12.4. The fourth-order valence-corrected chi connectivity index (χ4v) is 3.14. The highest BCUT2D eigenvalue weighted by Gasteiger charge is 2.33. The van der Waals surface area contributed by atoms with Gasteiger partial charge in [-0.2, -0.15) is 0 Å². The predicted octanol–water partition coefficient (Wildman–Crippen LogP) is 6.30. The number of esters is 1. The third kappa shape index (κ3) is 6.37. The lowest BCUT2D eigenvalue weighted by molar-refractivity contribution is -0.345. The van der Waals surface area contributed by atoms with Gasteiger partial charge in [-0.3, -0.25) is 4.74 Å². The molecule has 0 bridgehead atoms. The molecule has 0 amide bonds. The standard InChI is InChI=1S/C24H23F3N2O3/c1-3-5-16-14-28-22(29-15-16)18-6-8-19(9-7-18)23(30)31-20-12-10-17(11-13-20)21(4-2)32-24(25,26)27/h6-15,21H,3-5H2,1-2H3. The van der Waals surface area contributed by atoms with Crippen LogP contribution in [-0.2, 0) is 11.2 Å². The molecule has 0 saturated carbocycles. The Labute approximate surface area is 184 Å². The highest BCUT2D eigenvalue weighted by molar-refractivity contribution is 5.91. The molecule has 0 N–H and O–H groups in total. The molecule has 0 radical (unpaired) electrons. The van der Waals surface area contributed by atoms with Crippen molar-refractivity contribution in [1.29, 1.82) is 0 Å². The van der Waals surface area contributed by atoms with Crippen molar-refractivity contribution < 1.29 is 27.4 Å². The van der Waals surface area contributed by atoms with Crippen LogP contribution in [0, 0.1) is 0 Å². The quantitative estimate of drug-likeness (QED) is 0.301. The van der Waals surface area contributed by atoms with Crippen molar-refractivity contribution in [1.82, 2.24) is 9.97 Å². The van der Waals surface area contributed by atoms with E-state index in [0.29, 0.717) is 17.0 Å². The van der Waals surface area contributed by atoms with Gasteiger partial charge in [0.1, 0.15) is 5.75 Å². The van der Waals surface area contributed by atoms with Crippen LogP contribution in [0.3, 0.4) is 0 Å². The lowest BCUT2D eigenvalue weighted by Gasteiger charge is -2.18. The van der Waals surface area contributed by atoms with Crippen LogP contribution in [0.4, 0.5) is 13.2 Å². The van der Waals surface area contributed by atoms with Crippen LogP contribution in [0.25, 0.3) is 11.4 Å². The zero-order valence-corrected chi connectivity index (χ0v) is 17.7. The lowest BCUT2D eigenvalue weighted by atomic mass is 10.1. The molecule has 8 heteroatoms. The molecule has 1 atom stereocenters. The number of benzene rings is 2. The van der Waals surface area contributed by atoms with Gasteiger partial charge in [0.05, 0.1) is 11.7 Å². The summed E-state index contributed by atoms with van der Waals surface area (Å²) in [6.07, 6.45) is -0.175. The van der Waals surface area contributed by atoms with E-state index in [1.165, 1.54) is 24.3 Å². The molecule has 0 aliphatic carbocycles. The first-order chi connectivity index (χ1) is 15.3. The number of hydrogen-bond donors (Lipinski definition) is 0. The monoisotopic (exact) mass is 444 g/mol. The van der Waals surface area contributed by atoms with E-state index in [1.54, 1.807) is 43.6 Å². The van der Waals surface area contributed by atoms with Crippen LogP contribution in [-0.4, -0.2) is 22.3 Å².